The molecule has 0 saturated heterocycles. The molecule has 2 aromatic rings. The number of hydrogen-bond donors (Lipinski definition) is 2. The van der Waals surface area contributed by atoms with E-state index in [1.54, 1.807) is 32.9 Å². The molecule has 0 heterocycles. The van der Waals surface area contributed by atoms with Gasteiger partial charge in [0.05, 0.1) is 12.6 Å². The molecule has 0 aromatic heterocycles. The first-order valence-corrected chi connectivity index (χ1v) is 14.9. The zero-order chi connectivity index (χ0) is 29.1. The van der Waals surface area contributed by atoms with Crippen molar-refractivity contribution in [3.05, 3.63) is 83.3 Å². The lowest BCUT2D eigenvalue weighted by Crippen LogP contribution is -2.67. The number of alkyl carbamates (subject to hydrolysis) is 1. The Morgan fingerprint density at radius 2 is 1.56 bits per heavy atom. The van der Waals surface area contributed by atoms with Gasteiger partial charge in [-0.15, -0.1) is 0 Å². The van der Waals surface area contributed by atoms with Crippen LogP contribution in [0.3, 0.4) is 0 Å². The molecule has 0 bridgehead atoms. The number of carboxylic acid groups (broad SMARTS) is 1. The van der Waals surface area contributed by atoms with Crippen LogP contribution in [0.2, 0.25) is 5.04 Å². The van der Waals surface area contributed by atoms with Crippen molar-refractivity contribution in [1.29, 1.82) is 0 Å². The summed E-state index contributed by atoms with van der Waals surface area (Å²) in [5.74, 6) is -1.18. The number of aliphatic carboxylic acids is 1. The Balaban J connectivity index is 2.41. The maximum Gasteiger partial charge on any atom is 0.408 e. The molecule has 0 spiro atoms. The predicted octanol–water partition coefficient (Wildman–Crippen LogP) is 5.56. The number of carbonyl (C=O) groups excluding carboxylic acids is 1. The van der Waals surface area contributed by atoms with Crippen LogP contribution in [0.15, 0.2) is 77.9 Å². The Kier molecular flexibility index (Phi) is 11.3. The van der Waals surface area contributed by atoms with Gasteiger partial charge in [-0.1, -0.05) is 98.7 Å². The largest absolute Gasteiger partial charge is 0.481 e. The fourth-order valence-electron chi connectivity index (χ4n) is 4.39. The smallest absolute Gasteiger partial charge is 0.408 e. The van der Waals surface area contributed by atoms with Crippen LogP contribution in [0, 0.1) is 0 Å². The molecule has 39 heavy (non-hydrogen) atoms. The molecule has 0 unspecified atom stereocenters. The molecular weight excluding hydrogens is 512 g/mol. The molecule has 2 rings (SSSR count). The molecule has 210 valence electrons. The van der Waals surface area contributed by atoms with E-state index < -0.39 is 38.1 Å². The summed E-state index contributed by atoms with van der Waals surface area (Å²) in [5, 5.41) is 17.4. The zero-order valence-corrected chi connectivity index (χ0v) is 24.6. The van der Waals surface area contributed by atoms with Gasteiger partial charge in [-0.05, 0) is 54.6 Å². The lowest BCUT2D eigenvalue weighted by molar-refractivity contribution is -0.138. The highest BCUT2D eigenvalue weighted by molar-refractivity contribution is 6.99. The van der Waals surface area contributed by atoms with E-state index in [0.717, 1.165) is 10.4 Å². The molecule has 0 aliphatic heterocycles. The second-order valence-corrected chi connectivity index (χ2v) is 15.6. The van der Waals surface area contributed by atoms with Crippen molar-refractivity contribution in [2.45, 2.75) is 77.1 Å². The number of benzene rings is 2. The molecule has 0 saturated carbocycles. The van der Waals surface area contributed by atoms with Crippen molar-refractivity contribution < 1.29 is 23.9 Å². The Bertz CT molecular complexity index is 1110. The molecule has 9 nitrogen and oxygen atoms in total. The third kappa shape index (κ3) is 9.28. The number of azide groups is 1. The first-order chi connectivity index (χ1) is 18.3. The van der Waals surface area contributed by atoms with Gasteiger partial charge >= 0.3 is 12.1 Å². The highest BCUT2D eigenvalue weighted by Crippen LogP contribution is 2.36. The SMILES string of the molecule is CC(C)(C)OC(=O)N[C@H](/C=C\CC[C@H](N=[N+]=[N-])C(=O)O)CO[Si](c1ccccc1)(c1ccccc1)C(C)(C)C. The summed E-state index contributed by atoms with van der Waals surface area (Å²) >= 11 is 0. The van der Waals surface area contributed by atoms with E-state index in [0.29, 0.717) is 6.42 Å². The van der Waals surface area contributed by atoms with Gasteiger partial charge in [0, 0.05) is 4.91 Å². The third-order valence-corrected chi connectivity index (χ3v) is 11.1. The maximum absolute atomic E-state index is 12.7. The van der Waals surface area contributed by atoms with Crippen LogP contribution in [0.1, 0.15) is 54.4 Å². The fourth-order valence-corrected chi connectivity index (χ4v) is 8.97. The van der Waals surface area contributed by atoms with Gasteiger partial charge < -0.3 is 19.6 Å². The normalized spacial score (nSPS) is 13.8. The van der Waals surface area contributed by atoms with Gasteiger partial charge in [-0.2, -0.15) is 0 Å². The monoisotopic (exact) mass is 552 g/mol. The van der Waals surface area contributed by atoms with Crippen molar-refractivity contribution in [3.63, 3.8) is 0 Å². The van der Waals surface area contributed by atoms with Crippen LogP contribution in [-0.2, 0) is 14.0 Å². The summed E-state index contributed by atoms with van der Waals surface area (Å²) in [6, 6.07) is 18.7. The minimum absolute atomic E-state index is 0.130. The first kappa shape index (κ1) is 31.6. The molecule has 1 amide bonds. The molecule has 0 aliphatic carbocycles. The number of rotatable bonds is 12. The number of carbonyl (C=O) groups is 2. The van der Waals surface area contributed by atoms with Gasteiger partial charge in [-0.3, -0.25) is 4.79 Å². The van der Waals surface area contributed by atoms with Crippen LogP contribution in [0.5, 0.6) is 0 Å². The summed E-state index contributed by atoms with van der Waals surface area (Å²) in [7, 11) is -2.86. The van der Waals surface area contributed by atoms with Crippen molar-refractivity contribution >= 4 is 30.8 Å². The van der Waals surface area contributed by atoms with Crippen molar-refractivity contribution in [3.8, 4) is 0 Å². The van der Waals surface area contributed by atoms with E-state index in [9.17, 15) is 14.7 Å². The Morgan fingerprint density at radius 1 is 1.03 bits per heavy atom. The number of allylic oxidation sites excluding steroid dienone is 1. The highest BCUT2D eigenvalue weighted by atomic mass is 28.4. The number of carboxylic acids is 1. The second-order valence-electron chi connectivity index (χ2n) is 11.3. The third-order valence-electron chi connectivity index (χ3n) is 6.05. The van der Waals surface area contributed by atoms with E-state index in [1.165, 1.54) is 0 Å². The number of ether oxygens (including phenoxy) is 1. The molecular formula is C29H40N4O5Si. The van der Waals surface area contributed by atoms with E-state index in [1.807, 2.05) is 36.4 Å². The van der Waals surface area contributed by atoms with Gasteiger partial charge in [-0.25, -0.2) is 4.79 Å². The second kappa shape index (κ2) is 14.0. The predicted molar refractivity (Wildman–Crippen MR) is 156 cm³/mol. The van der Waals surface area contributed by atoms with Crippen LogP contribution < -0.4 is 15.7 Å². The van der Waals surface area contributed by atoms with E-state index >= 15 is 0 Å². The number of hydrogen-bond acceptors (Lipinski definition) is 5. The zero-order valence-electron chi connectivity index (χ0n) is 23.6. The average Bonchev–Trinajstić information content (AvgIpc) is 2.85. The van der Waals surface area contributed by atoms with Crippen molar-refractivity contribution in [1.82, 2.24) is 5.32 Å². The van der Waals surface area contributed by atoms with Gasteiger partial charge in [0.1, 0.15) is 11.6 Å². The van der Waals surface area contributed by atoms with Crippen LogP contribution >= 0.6 is 0 Å². The van der Waals surface area contributed by atoms with Gasteiger partial charge in [0.2, 0.25) is 0 Å². The minimum atomic E-state index is -2.86. The van der Waals surface area contributed by atoms with Gasteiger partial charge in [0.25, 0.3) is 8.32 Å². The van der Waals surface area contributed by atoms with E-state index in [2.05, 4.69) is 60.4 Å². The van der Waals surface area contributed by atoms with Crippen molar-refractivity contribution in [2.75, 3.05) is 6.61 Å². The first-order valence-electron chi connectivity index (χ1n) is 13.0. The van der Waals surface area contributed by atoms with Crippen LogP contribution in [0.4, 0.5) is 4.79 Å². The topological polar surface area (TPSA) is 134 Å². The minimum Gasteiger partial charge on any atom is -0.481 e. The summed E-state index contributed by atoms with van der Waals surface area (Å²) in [6.07, 6.45) is 3.42. The number of nitrogens with zero attached hydrogens (tertiary/aromatic N) is 3. The summed E-state index contributed by atoms with van der Waals surface area (Å²) in [4.78, 5) is 26.6. The Morgan fingerprint density at radius 3 is 2.00 bits per heavy atom. The Hall–Kier alpha value is -3.59. The highest BCUT2D eigenvalue weighted by Gasteiger charge is 2.50. The molecule has 0 fully saturated rings. The molecule has 0 aliphatic rings. The lowest BCUT2D eigenvalue weighted by Gasteiger charge is -2.43. The molecule has 2 atom stereocenters. The summed E-state index contributed by atoms with van der Waals surface area (Å²) in [5.41, 5.74) is 7.95. The lowest BCUT2D eigenvalue weighted by atomic mass is 10.1. The quantitative estimate of drug-likeness (QED) is 0.117. The van der Waals surface area contributed by atoms with Crippen LogP contribution in [0.25, 0.3) is 10.4 Å². The fraction of sp³-hybridized carbons (Fsp3) is 0.448. The number of nitrogens with one attached hydrogen (secondary N) is 1. The van der Waals surface area contributed by atoms with E-state index in [4.69, 9.17) is 14.7 Å². The van der Waals surface area contributed by atoms with Gasteiger partial charge in [0.15, 0.2) is 0 Å². The summed E-state index contributed by atoms with van der Waals surface area (Å²) in [6.45, 7) is 12.1. The standard InChI is InChI=1S/C29H40N4O5Si/c1-28(2,3)38-27(36)31-22(15-13-14-20-25(26(34)35)32-33-30)21-37-39(29(4,5)6,23-16-9-7-10-17-23)24-18-11-8-12-19-24/h7-13,15-19,22,25H,14,20-21H2,1-6H3,(H,31,36)(H,34,35)/b15-13-/t22-,25+/m1/s1. The molecule has 2 aromatic carbocycles. The molecule has 2 N–H and O–H groups in total. The average molecular weight is 553 g/mol. The molecule has 10 heteroatoms. The number of amides is 1. The maximum atomic E-state index is 12.7. The van der Waals surface area contributed by atoms with Crippen molar-refractivity contribution in [2.24, 2.45) is 5.11 Å². The van der Waals surface area contributed by atoms with Crippen LogP contribution in [-0.4, -0.2) is 49.8 Å². The molecule has 0 radical (unpaired) electrons. The Labute approximate surface area is 232 Å². The van der Waals surface area contributed by atoms with E-state index in [-0.39, 0.29) is 18.1 Å². The summed E-state index contributed by atoms with van der Waals surface area (Å²) < 4.78 is 12.5.